The summed E-state index contributed by atoms with van der Waals surface area (Å²) in [4.78, 5) is 11.5. The maximum absolute atomic E-state index is 11.5. The molecule has 0 unspecified atom stereocenters. The van der Waals surface area contributed by atoms with Gasteiger partial charge in [0.2, 0.25) is 0 Å². The summed E-state index contributed by atoms with van der Waals surface area (Å²) in [6.45, 7) is 5.58. The largest absolute Gasteiger partial charge is 0.412 e. The molecule has 1 aromatic rings. The molecule has 2 rings (SSSR count). The van der Waals surface area contributed by atoms with Gasteiger partial charge in [-0.15, -0.1) is 0 Å². The molecule has 0 spiro atoms. The summed E-state index contributed by atoms with van der Waals surface area (Å²) in [5.41, 5.74) is 2.13. The number of amides is 1. The van der Waals surface area contributed by atoms with Crippen molar-refractivity contribution in [3.05, 3.63) is 29.3 Å². The van der Waals surface area contributed by atoms with Crippen LogP contribution in [0.5, 0.6) is 5.75 Å². The van der Waals surface area contributed by atoms with E-state index in [1.54, 1.807) is 0 Å². The van der Waals surface area contributed by atoms with Crippen molar-refractivity contribution in [1.29, 1.82) is 0 Å². The lowest BCUT2D eigenvalue weighted by Crippen LogP contribution is -2.57. The summed E-state index contributed by atoms with van der Waals surface area (Å²) in [7, 11) is 0. The second kappa shape index (κ2) is 4.53. The minimum atomic E-state index is -0.376. The monoisotopic (exact) mass is 220 g/mol. The van der Waals surface area contributed by atoms with Crippen LogP contribution >= 0.6 is 0 Å². The van der Waals surface area contributed by atoms with Gasteiger partial charge < -0.3 is 15.4 Å². The molecule has 1 saturated heterocycles. The molecule has 4 nitrogen and oxygen atoms in total. The van der Waals surface area contributed by atoms with Crippen molar-refractivity contribution >= 4 is 6.09 Å². The first-order valence-electron chi connectivity index (χ1n) is 5.41. The van der Waals surface area contributed by atoms with Crippen LogP contribution in [0.1, 0.15) is 11.1 Å². The highest BCUT2D eigenvalue weighted by Gasteiger charge is 2.19. The van der Waals surface area contributed by atoms with Crippen LogP contribution in [0.3, 0.4) is 0 Å². The zero-order chi connectivity index (χ0) is 11.5. The fourth-order valence-electron chi connectivity index (χ4n) is 1.60. The lowest BCUT2D eigenvalue weighted by molar-refractivity contribution is 0.190. The van der Waals surface area contributed by atoms with Gasteiger partial charge in [-0.2, -0.15) is 0 Å². The van der Waals surface area contributed by atoms with Crippen LogP contribution in [0.25, 0.3) is 0 Å². The molecular weight excluding hydrogens is 204 g/mol. The molecule has 0 atom stereocenters. The Hall–Kier alpha value is -1.55. The number of hydrogen-bond acceptors (Lipinski definition) is 3. The average molecular weight is 220 g/mol. The lowest BCUT2D eigenvalue weighted by Gasteiger charge is -2.27. The maximum atomic E-state index is 11.5. The van der Waals surface area contributed by atoms with Gasteiger partial charge in [-0.1, -0.05) is 17.7 Å². The normalized spacial score (nSPS) is 15.4. The maximum Gasteiger partial charge on any atom is 0.412 e. The van der Waals surface area contributed by atoms with Gasteiger partial charge in [0.25, 0.3) is 0 Å². The highest BCUT2D eigenvalue weighted by molar-refractivity contribution is 5.71. The number of carbonyl (C=O) groups excluding carboxylic acids is 1. The molecule has 1 aromatic carbocycles. The third-order valence-electron chi connectivity index (χ3n) is 2.64. The van der Waals surface area contributed by atoms with Crippen LogP contribution in [0.2, 0.25) is 0 Å². The highest BCUT2D eigenvalue weighted by Crippen LogP contribution is 2.18. The van der Waals surface area contributed by atoms with Crippen molar-refractivity contribution in [3.63, 3.8) is 0 Å². The Balaban J connectivity index is 1.94. The second-order valence-electron chi connectivity index (χ2n) is 4.16. The quantitative estimate of drug-likeness (QED) is 0.791. The van der Waals surface area contributed by atoms with Crippen molar-refractivity contribution in [3.8, 4) is 5.75 Å². The van der Waals surface area contributed by atoms with E-state index >= 15 is 0 Å². The van der Waals surface area contributed by atoms with E-state index in [9.17, 15) is 4.79 Å². The van der Waals surface area contributed by atoms with Gasteiger partial charge in [0.15, 0.2) is 0 Å². The Bertz CT molecular complexity index is 400. The topological polar surface area (TPSA) is 50.4 Å². The number of rotatable bonds is 2. The molecule has 0 radical (unpaired) electrons. The van der Waals surface area contributed by atoms with E-state index in [4.69, 9.17) is 4.74 Å². The lowest BCUT2D eigenvalue weighted by atomic mass is 10.1. The van der Waals surface area contributed by atoms with Crippen molar-refractivity contribution in [1.82, 2.24) is 10.6 Å². The standard InChI is InChI=1S/C12H16N2O2/c1-8-3-4-11(9(2)5-8)16-12(15)14-10-6-13-7-10/h3-5,10,13H,6-7H2,1-2H3,(H,14,15). The van der Waals surface area contributed by atoms with Crippen molar-refractivity contribution in [2.45, 2.75) is 19.9 Å². The number of nitrogens with one attached hydrogen (secondary N) is 2. The van der Waals surface area contributed by atoms with Crippen molar-refractivity contribution in [2.24, 2.45) is 0 Å². The average Bonchev–Trinajstić information content (AvgIpc) is 2.16. The minimum Gasteiger partial charge on any atom is -0.410 e. The van der Waals surface area contributed by atoms with Crippen LogP contribution in [-0.2, 0) is 0 Å². The Kier molecular flexibility index (Phi) is 3.10. The molecule has 0 aromatic heterocycles. The number of ether oxygens (including phenoxy) is 1. The first kappa shape index (κ1) is 11.0. The van der Waals surface area contributed by atoms with Gasteiger partial charge in [0, 0.05) is 13.1 Å². The second-order valence-corrected chi connectivity index (χ2v) is 4.16. The fourth-order valence-corrected chi connectivity index (χ4v) is 1.60. The minimum absolute atomic E-state index is 0.207. The number of carbonyl (C=O) groups is 1. The first-order valence-corrected chi connectivity index (χ1v) is 5.41. The Morgan fingerprint density at radius 3 is 2.75 bits per heavy atom. The van der Waals surface area contributed by atoms with E-state index in [-0.39, 0.29) is 12.1 Å². The van der Waals surface area contributed by atoms with E-state index < -0.39 is 0 Å². The molecule has 86 valence electrons. The Labute approximate surface area is 95.0 Å². The van der Waals surface area contributed by atoms with Crippen molar-refractivity contribution in [2.75, 3.05) is 13.1 Å². The van der Waals surface area contributed by atoms with Gasteiger partial charge in [-0.25, -0.2) is 4.79 Å². The molecule has 2 N–H and O–H groups in total. The SMILES string of the molecule is Cc1ccc(OC(=O)NC2CNC2)c(C)c1. The highest BCUT2D eigenvalue weighted by atomic mass is 16.6. The van der Waals surface area contributed by atoms with E-state index in [2.05, 4.69) is 10.6 Å². The summed E-state index contributed by atoms with van der Waals surface area (Å²) < 4.78 is 5.23. The van der Waals surface area contributed by atoms with Gasteiger partial charge >= 0.3 is 6.09 Å². The number of aryl methyl sites for hydroxylation is 2. The molecule has 0 bridgehead atoms. The first-order chi connectivity index (χ1) is 7.65. The zero-order valence-electron chi connectivity index (χ0n) is 9.54. The van der Waals surface area contributed by atoms with Gasteiger partial charge in [-0.3, -0.25) is 0 Å². The number of hydrogen-bond donors (Lipinski definition) is 2. The van der Waals surface area contributed by atoms with E-state index in [1.165, 1.54) is 0 Å². The van der Waals surface area contributed by atoms with Crippen LogP contribution in [-0.4, -0.2) is 25.2 Å². The summed E-state index contributed by atoms with van der Waals surface area (Å²) in [5, 5.41) is 5.86. The molecule has 1 heterocycles. The fraction of sp³-hybridized carbons (Fsp3) is 0.417. The molecule has 4 heteroatoms. The third-order valence-corrected chi connectivity index (χ3v) is 2.64. The summed E-state index contributed by atoms with van der Waals surface area (Å²) >= 11 is 0. The molecule has 0 aliphatic carbocycles. The Morgan fingerprint density at radius 2 is 2.19 bits per heavy atom. The number of benzene rings is 1. The molecular formula is C12H16N2O2. The Morgan fingerprint density at radius 1 is 1.44 bits per heavy atom. The summed E-state index contributed by atoms with van der Waals surface area (Å²) in [5.74, 6) is 0.621. The molecule has 1 aliphatic rings. The third kappa shape index (κ3) is 2.52. The van der Waals surface area contributed by atoms with Gasteiger partial charge in [-0.05, 0) is 25.5 Å². The van der Waals surface area contributed by atoms with E-state index in [1.807, 2.05) is 32.0 Å². The smallest absolute Gasteiger partial charge is 0.410 e. The van der Waals surface area contributed by atoms with Crippen LogP contribution in [0, 0.1) is 13.8 Å². The molecule has 1 aliphatic heterocycles. The summed E-state index contributed by atoms with van der Waals surface area (Å²) in [6, 6.07) is 5.95. The molecule has 16 heavy (non-hydrogen) atoms. The van der Waals surface area contributed by atoms with Crippen LogP contribution in [0.15, 0.2) is 18.2 Å². The van der Waals surface area contributed by atoms with Gasteiger partial charge in [0.05, 0.1) is 6.04 Å². The molecule has 1 fully saturated rings. The van der Waals surface area contributed by atoms with E-state index in [0.717, 1.165) is 24.2 Å². The zero-order valence-corrected chi connectivity index (χ0v) is 9.54. The van der Waals surface area contributed by atoms with Crippen molar-refractivity contribution < 1.29 is 9.53 Å². The molecule has 1 amide bonds. The predicted octanol–water partition coefficient (Wildman–Crippen LogP) is 1.36. The van der Waals surface area contributed by atoms with E-state index in [0.29, 0.717) is 5.75 Å². The van der Waals surface area contributed by atoms with Gasteiger partial charge in [0.1, 0.15) is 5.75 Å². The van der Waals surface area contributed by atoms with Crippen LogP contribution < -0.4 is 15.4 Å². The van der Waals surface area contributed by atoms with Crippen LogP contribution in [0.4, 0.5) is 4.79 Å². The summed E-state index contributed by atoms with van der Waals surface area (Å²) in [6.07, 6.45) is -0.376. The predicted molar refractivity (Wildman–Crippen MR) is 61.7 cm³/mol. The molecule has 0 saturated carbocycles.